The number of rotatable bonds is 0. The number of fused-ring (bicyclic) bond motifs is 5. The smallest absolute Gasteiger partial charge is 0.0796 e. The summed E-state index contributed by atoms with van der Waals surface area (Å²) in [5.74, 6) is 0.768. The van der Waals surface area contributed by atoms with Gasteiger partial charge in [0, 0.05) is 11.8 Å². The van der Waals surface area contributed by atoms with Crippen molar-refractivity contribution in [3.8, 4) is 0 Å². The molecule has 0 heterocycles. The van der Waals surface area contributed by atoms with Gasteiger partial charge < -0.3 is 0 Å². The number of benzene rings is 1. The molecule has 0 nitrogen and oxygen atoms in total. The lowest BCUT2D eigenvalue weighted by Crippen LogP contribution is -2.01. The Morgan fingerprint density at radius 3 is 1.50 bits per heavy atom. The molecule has 2 atom stereocenters. The van der Waals surface area contributed by atoms with E-state index in [1.807, 2.05) is 0 Å². The first kappa shape index (κ1) is 13.1. The van der Waals surface area contributed by atoms with Crippen molar-refractivity contribution in [1.82, 2.24) is 0 Å². The predicted octanol–water partition coefficient (Wildman–Crippen LogP) is 6.61. The number of halogens is 4. The summed E-state index contributed by atoms with van der Waals surface area (Å²) in [6.45, 7) is 4.30. The van der Waals surface area contributed by atoms with Gasteiger partial charge in [-0.1, -0.05) is 57.5 Å². The summed E-state index contributed by atoms with van der Waals surface area (Å²) >= 11 is 25.1. The van der Waals surface area contributed by atoms with Crippen LogP contribution in [0, 0.1) is 0 Å². The van der Waals surface area contributed by atoms with Gasteiger partial charge in [0.1, 0.15) is 0 Å². The van der Waals surface area contributed by atoms with Crippen LogP contribution in [0.5, 0.6) is 0 Å². The van der Waals surface area contributed by atoms with Crippen LogP contribution in [0.15, 0.2) is 11.1 Å². The van der Waals surface area contributed by atoms with Gasteiger partial charge in [0.15, 0.2) is 0 Å². The summed E-state index contributed by atoms with van der Waals surface area (Å²) < 4.78 is 0. The second kappa shape index (κ2) is 4.31. The molecular formula is C14H12Cl4. The average Bonchev–Trinajstić information content (AvgIpc) is 2.88. The van der Waals surface area contributed by atoms with E-state index in [4.69, 9.17) is 46.4 Å². The lowest BCUT2D eigenvalue weighted by Gasteiger charge is -2.19. The molecule has 18 heavy (non-hydrogen) atoms. The Labute approximate surface area is 127 Å². The molecule has 2 aliphatic rings. The Bertz CT molecular complexity index is 537. The van der Waals surface area contributed by atoms with Crippen LogP contribution < -0.4 is 0 Å². The van der Waals surface area contributed by atoms with Crippen LogP contribution in [0.25, 0.3) is 0 Å². The zero-order valence-corrected chi connectivity index (χ0v) is 13.1. The van der Waals surface area contributed by atoms with Gasteiger partial charge in [-0.25, -0.2) is 0 Å². The van der Waals surface area contributed by atoms with Gasteiger partial charge in [0.25, 0.3) is 0 Å². The molecule has 3 rings (SSSR count). The Morgan fingerprint density at radius 2 is 1.17 bits per heavy atom. The maximum Gasteiger partial charge on any atom is 0.0796 e. The summed E-state index contributed by atoms with van der Waals surface area (Å²) in [5, 5.41) is 1.96. The second-order valence-corrected chi connectivity index (χ2v) is 6.73. The third-order valence-electron chi connectivity index (χ3n) is 4.11. The minimum Gasteiger partial charge on any atom is -0.0823 e. The van der Waals surface area contributed by atoms with Crippen LogP contribution in [0.2, 0.25) is 20.1 Å². The fraction of sp³-hybridized carbons (Fsp3) is 0.429. The van der Waals surface area contributed by atoms with Crippen LogP contribution in [0.1, 0.15) is 49.7 Å². The molecule has 2 bridgehead atoms. The maximum atomic E-state index is 6.38. The van der Waals surface area contributed by atoms with Crippen molar-refractivity contribution < 1.29 is 0 Å². The average molecular weight is 322 g/mol. The fourth-order valence-electron chi connectivity index (χ4n) is 3.53. The van der Waals surface area contributed by atoms with Gasteiger partial charge >= 0.3 is 0 Å². The first-order chi connectivity index (χ1) is 8.45. The first-order valence-electron chi connectivity index (χ1n) is 5.98. The van der Waals surface area contributed by atoms with E-state index in [-0.39, 0.29) is 0 Å². The summed E-state index contributed by atoms with van der Waals surface area (Å²) in [5.41, 5.74) is 5.05. The lowest BCUT2D eigenvalue weighted by molar-refractivity contribution is 0.718. The van der Waals surface area contributed by atoms with E-state index in [1.54, 1.807) is 0 Å². The van der Waals surface area contributed by atoms with Crippen molar-refractivity contribution in [2.45, 2.75) is 38.5 Å². The Kier molecular flexibility index (Phi) is 3.14. The van der Waals surface area contributed by atoms with Crippen molar-refractivity contribution in [1.29, 1.82) is 0 Å². The molecule has 0 aromatic heterocycles. The highest BCUT2D eigenvalue weighted by Crippen LogP contribution is 2.63. The predicted molar refractivity (Wildman–Crippen MR) is 79.6 cm³/mol. The quantitative estimate of drug-likeness (QED) is 0.286. The largest absolute Gasteiger partial charge is 0.0823 e. The molecule has 0 aliphatic heterocycles. The van der Waals surface area contributed by atoms with Crippen LogP contribution in [-0.2, 0) is 0 Å². The van der Waals surface area contributed by atoms with E-state index in [0.29, 0.717) is 31.9 Å². The summed E-state index contributed by atoms with van der Waals surface area (Å²) in [4.78, 5) is 0. The zero-order valence-electron chi connectivity index (χ0n) is 10.1. The maximum absolute atomic E-state index is 6.38. The molecule has 96 valence electrons. The Morgan fingerprint density at radius 1 is 0.778 bits per heavy atom. The molecule has 4 heteroatoms. The Hall–Kier alpha value is 0.120. The molecule has 1 fully saturated rings. The van der Waals surface area contributed by atoms with Gasteiger partial charge in [-0.05, 0) is 37.8 Å². The van der Waals surface area contributed by atoms with Gasteiger partial charge in [0.05, 0.1) is 20.1 Å². The molecule has 0 saturated heterocycles. The highest BCUT2D eigenvalue weighted by atomic mass is 35.5. The van der Waals surface area contributed by atoms with Crippen LogP contribution in [0.3, 0.4) is 0 Å². The van der Waals surface area contributed by atoms with E-state index < -0.39 is 0 Å². The van der Waals surface area contributed by atoms with Gasteiger partial charge in [-0.2, -0.15) is 0 Å². The van der Waals surface area contributed by atoms with E-state index in [2.05, 4.69) is 13.8 Å². The van der Waals surface area contributed by atoms with Crippen molar-refractivity contribution in [2.24, 2.45) is 0 Å². The third-order valence-corrected chi connectivity index (χ3v) is 5.94. The molecule has 2 aliphatic carbocycles. The molecular weight excluding hydrogens is 310 g/mol. The number of hydrogen-bond donors (Lipinski definition) is 0. The second-order valence-electron chi connectivity index (χ2n) is 5.22. The summed E-state index contributed by atoms with van der Waals surface area (Å²) in [6.07, 6.45) is 2.26. The monoisotopic (exact) mass is 320 g/mol. The highest BCUT2D eigenvalue weighted by Gasteiger charge is 2.45. The third kappa shape index (κ3) is 1.53. The molecule has 0 unspecified atom stereocenters. The SMILES string of the molecule is CC(C)=C1[C@H]2CC[C@@H]1c1c(Cl)c(Cl)c(Cl)c(Cl)c12. The minimum absolute atomic E-state index is 0.384. The van der Waals surface area contributed by atoms with Crippen LogP contribution in [0.4, 0.5) is 0 Å². The normalized spacial score (nSPS) is 24.7. The lowest BCUT2D eigenvalue weighted by atomic mass is 9.91. The van der Waals surface area contributed by atoms with Crippen molar-refractivity contribution in [3.05, 3.63) is 42.4 Å². The van der Waals surface area contributed by atoms with E-state index in [0.717, 1.165) is 24.0 Å². The standard InChI is InChI=1S/C14H12Cl4/c1-5(2)8-6-3-4-7(8)10-9(6)11(15)13(17)14(18)12(10)16/h6-7H,3-4H2,1-2H3/t6-,7+. The molecule has 1 saturated carbocycles. The highest BCUT2D eigenvalue weighted by molar-refractivity contribution is 6.52. The van der Waals surface area contributed by atoms with Gasteiger partial charge in [-0.3, -0.25) is 0 Å². The molecule has 0 radical (unpaired) electrons. The summed E-state index contributed by atoms with van der Waals surface area (Å²) in [7, 11) is 0. The van der Waals surface area contributed by atoms with E-state index >= 15 is 0 Å². The zero-order chi connectivity index (χ0) is 13.2. The molecule has 0 amide bonds. The number of allylic oxidation sites excluding steroid dienone is 2. The van der Waals surface area contributed by atoms with Crippen LogP contribution >= 0.6 is 46.4 Å². The molecule has 1 aromatic carbocycles. The van der Waals surface area contributed by atoms with Crippen molar-refractivity contribution in [3.63, 3.8) is 0 Å². The molecule has 0 N–H and O–H groups in total. The van der Waals surface area contributed by atoms with Crippen LogP contribution in [-0.4, -0.2) is 0 Å². The number of hydrogen-bond acceptors (Lipinski definition) is 0. The summed E-state index contributed by atoms with van der Waals surface area (Å²) in [6, 6.07) is 0. The molecule has 1 aromatic rings. The van der Waals surface area contributed by atoms with Gasteiger partial charge in [-0.15, -0.1) is 0 Å². The molecule has 0 spiro atoms. The van der Waals surface area contributed by atoms with E-state index in [9.17, 15) is 0 Å². The Balaban J connectivity index is 2.36. The topological polar surface area (TPSA) is 0 Å². The van der Waals surface area contributed by atoms with Crippen molar-refractivity contribution >= 4 is 46.4 Å². The van der Waals surface area contributed by atoms with E-state index in [1.165, 1.54) is 11.1 Å². The first-order valence-corrected chi connectivity index (χ1v) is 7.49. The van der Waals surface area contributed by atoms with Gasteiger partial charge in [0.2, 0.25) is 0 Å². The minimum atomic E-state index is 0.384. The van der Waals surface area contributed by atoms with Crippen molar-refractivity contribution in [2.75, 3.05) is 0 Å². The fourth-order valence-corrected chi connectivity index (χ4v) is 4.68.